The molecule has 25 heavy (non-hydrogen) atoms. The minimum absolute atomic E-state index is 0.309. The van der Waals surface area contributed by atoms with Gasteiger partial charge in [0.25, 0.3) is 5.91 Å². The molecule has 1 aromatic heterocycles. The minimum Gasteiger partial charge on any atom is -0.316 e. The topological polar surface area (TPSA) is 34.4 Å². The standard InChI is InChI=1S/C20H19ClN2OS/c1-3-17-18(14-10-6-5-7-11-14)23(4-2)20(25-17)22-19(24)15-12-8-9-13-16(15)21/h5-13H,3-4H2,1-2H3. The largest absolute Gasteiger partial charge is 0.316 e. The van der Waals surface area contributed by atoms with Crippen LogP contribution in [0.15, 0.2) is 59.6 Å². The van der Waals surface area contributed by atoms with Crippen molar-refractivity contribution >= 4 is 28.8 Å². The first-order chi connectivity index (χ1) is 12.2. The molecule has 0 aliphatic carbocycles. The van der Waals surface area contributed by atoms with Crippen molar-refractivity contribution in [3.63, 3.8) is 0 Å². The maximum absolute atomic E-state index is 12.6. The highest BCUT2D eigenvalue weighted by Gasteiger charge is 2.15. The van der Waals surface area contributed by atoms with Crippen LogP contribution >= 0.6 is 22.9 Å². The number of nitrogens with zero attached hydrogens (tertiary/aromatic N) is 2. The smallest absolute Gasteiger partial charge is 0.281 e. The van der Waals surface area contributed by atoms with Gasteiger partial charge >= 0.3 is 0 Å². The zero-order valence-electron chi connectivity index (χ0n) is 14.2. The lowest BCUT2D eigenvalue weighted by Gasteiger charge is -2.08. The van der Waals surface area contributed by atoms with Crippen LogP contribution in [-0.2, 0) is 13.0 Å². The van der Waals surface area contributed by atoms with Crippen LogP contribution in [0.2, 0.25) is 5.02 Å². The molecule has 0 unspecified atom stereocenters. The maximum atomic E-state index is 12.6. The van der Waals surface area contributed by atoms with Crippen LogP contribution in [0.3, 0.4) is 0 Å². The van der Waals surface area contributed by atoms with E-state index >= 15 is 0 Å². The van der Waals surface area contributed by atoms with E-state index in [0.29, 0.717) is 15.4 Å². The molecule has 1 heterocycles. The highest BCUT2D eigenvalue weighted by Crippen LogP contribution is 2.26. The molecule has 3 rings (SSSR count). The summed E-state index contributed by atoms with van der Waals surface area (Å²) in [5.74, 6) is -0.309. The van der Waals surface area contributed by atoms with E-state index in [1.54, 1.807) is 35.6 Å². The van der Waals surface area contributed by atoms with Gasteiger partial charge < -0.3 is 4.57 Å². The highest BCUT2D eigenvalue weighted by molar-refractivity contribution is 7.09. The normalized spacial score (nSPS) is 11.7. The summed E-state index contributed by atoms with van der Waals surface area (Å²) in [5, 5.41) is 0.426. The van der Waals surface area contributed by atoms with Gasteiger partial charge in [0.15, 0.2) is 4.80 Å². The molecular formula is C20H19ClN2OS. The molecule has 0 N–H and O–H groups in total. The number of aryl methyl sites for hydroxylation is 1. The molecule has 0 spiro atoms. The van der Waals surface area contributed by atoms with Gasteiger partial charge in [-0.2, -0.15) is 4.99 Å². The Kier molecular flexibility index (Phi) is 5.51. The number of hydrogen-bond donors (Lipinski definition) is 0. The Morgan fingerprint density at radius 1 is 1.08 bits per heavy atom. The van der Waals surface area contributed by atoms with Crippen LogP contribution < -0.4 is 4.80 Å². The van der Waals surface area contributed by atoms with Gasteiger partial charge in [0.1, 0.15) is 0 Å². The van der Waals surface area contributed by atoms with Crippen LogP contribution in [0.25, 0.3) is 11.3 Å². The van der Waals surface area contributed by atoms with E-state index in [2.05, 4.69) is 35.5 Å². The fourth-order valence-corrected chi connectivity index (χ4v) is 4.14. The van der Waals surface area contributed by atoms with E-state index in [-0.39, 0.29) is 5.91 Å². The van der Waals surface area contributed by atoms with Gasteiger partial charge in [-0.1, -0.05) is 61.0 Å². The van der Waals surface area contributed by atoms with Gasteiger partial charge in [-0.3, -0.25) is 4.79 Å². The van der Waals surface area contributed by atoms with Crippen molar-refractivity contribution < 1.29 is 4.79 Å². The molecule has 0 fully saturated rings. The van der Waals surface area contributed by atoms with Crippen LogP contribution in [0.4, 0.5) is 0 Å². The quantitative estimate of drug-likeness (QED) is 0.622. The Morgan fingerprint density at radius 2 is 1.76 bits per heavy atom. The van der Waals surface area contributed by atoms with Gasteiger partial charge in [0, 0.05) is 11.4 Å². The summed E-state index contributed by atoms with van der Waals surface area (Å²) in [4.78, 5) is 18.9. The first-order valence-electron chi connectivity index (χ1n) is 8.27. The molecule has 0 bridgehead atoms. The molecule has 3 aromatic rings. The van der Waals surface area contributed by atoms with E-state index in [4.69, 9.17) is 11.6 Å². The number of aromatic nitrogens is 1. The van der Waals surface area contributed by atoms with Crippen molar-refractivity contribution in [2.75, 3.05) is 0 Å². The molecule has 0 aliphatic rings. The highest BCUT2D eigenvalue weighted by atomic mass is 35.5. The summed E-state index contributed by atoms with van der Waals surface area (Å²) in [6.07, 6.45) is 0.894. The van der Waals surface area contributed by atoms with Crippen molar-refractivity contribution in [3.05, 3.63) is 74.9 Å². The molecule has 0 radical (unpaired) electrons. The summed E-state index contributed by atoms with van der Waals surface area (Å²) in [7, 11) is 0. The van der Waals surface area contributed by atoms with E-state index in [1.165, 1.54) is 4.88 Å². The molecule has 3 nitrogen and oxygen atoms in total. The monoisotopic (exact) mass is 370 g/mol. The summed E-state index contributed by atoms with van der Waals surface area (Å²) in [6.45, 7) is 4.94. The first kappa shape index (κ1) is 17.6. The fourth-order valence-electron chi connectivity index (χ4n) is 2.77. The van der Waals surface area contributed by atoms with Gasteiger partial charge in [0.2, 0.25) is 0 Å². The van der Waals surface area contributed by atoms with Crippen molar-refractivity contribution in [1.29, 1.82) is 0 Å². The zero-order valence-corrected chi connectivity index (χ0v) is 15.8. The van der Waals surface area contributed by atoms with E-state index < -0.39 is 0 Å². The van der Waals surface area contributed by atoms with E-state index in [9.17, 15) is 4.79 Å². The van der Waals surface area contributed by atoms with Crippen molar-refractivity contribution in [1.82, 2.24) is 4.57 Å². The molecule has 0 saturated carbocycles. The molecular weight excluding hydrogens is 352 g/mol. The summed E-state index contributed by atoms with van der Waals surface area (Å²) < 4.78 is 2.10. The Hall–Kier alpha value is -2.17. The second kappa shape index (κ2) is 7.81. The van der Waals surface area contributed by atoms with Crippen LogP contribution in [-0.4, -0.2) is 10.5 Å². The first-order valence-corrected chi connectivity index (χ1v) is 9.46. The summed E-state index contributed by atoms with van der Waals surface area (Å²) >= 11 is 7.70. The SMILES string of the molecule is CCc1sc(=NC(=O)c2ccccc2Cl)n(CC)c1-c1ccccc1. The molecule has 0 aliphatic heterocycles. The number of hydrogen-bond acceptors (Lipinski definition) is 2. The number of carbonyl (C=O) groups is 1. The van der Waals surface area contributed by atoms with Crippen LogP contribution in [0, 0.1) is 0 Å². The van der Waals surface area contributed by atoms with Crippen molar-refractivity contribution in [2.45, 2.75) is 26.8 Å². The second-order valence-electron chi connectivity index (χ2n) is 5.52. The average Bonchev–Trinajstić information content (AvgIpc) is 3.00. The Bertz CT molecular complexity index is 957. The zero-order chi connectivity index (χ0) is 17.8. The molecule has 1 amide bonds. The predicted molar refractivity (Wildman–Crippen MR) is 104 cm³/mol. The maximum Gasteiger partial charge on any atom is 0.281 e. The molecule has 0 saturated heterocycles. The lowest BCUT2D eigenvalue weighted by molar-refractivity contribution is 0.0998. The van der Waals surface area contributed by atoms with Crippen molar-refractivity contribution in [2.24, 2.45) is 4.99 Å². The minimum atomic E-state index is -0.309. The number of halogens is 1. The number of rotatable bonds is 4. The number of carbonyl (C=O) groups excluding carboxylic acids is 1. The Balaban J connectivity index is 2.16. The summed E-state index contributed by atoms with van der Waals surface area (Å²) in [6, 6.07) is 17.2. The molecule has 128 valence electrons. The lowest BCUT2D eigenvalue weighted by Crippen LogP contribution is -2.17. The average molecular weight is 371 g/mol. The van der Waals surface area contributed by atoms with Gasteiger partial charge in [0.05, 0.1) is 16.3 Å². The van der Waals surface area contributed by atoms with Crippen LogP contribution in [0.1, 0.15) is 29.1 Å². The Morgan fingerprint density at radius 3 is 2.40 bits per heavy atom. The van der Waals surface area contributed by atoms with E-state index in [1.807, 2.05) is 18.2 Å². The fraction of sp³-hybridized carbons (Fsp3) is 0.200. The number of amides is 1. The predicted octanol–water partition coefficient (Wildman–Crippen LogP) is 5.19. The second-order valence-corrected chi connectivity index (χ2v) is 6.99. The van der Waals surface area contributed by atoms with E-state index in [0.717, 1.165) is 24.2 Å². The third kappa shape index (κ3) is 3.60. The molecule has 5 heteroatoms. The summed E-state index contributed by atoms with van der Waals surface area (Å²) in [5.41, 5.74) is 2.71. The van der Waals surface area contributed by atoms with Crippen molar-refractivity contribution in [3.8, 4) is 11.3 Å². The van der Waals surface area contributed by atoms with Gasteiger partial charge in [-0.15, -0.1) is 11.3 Å². The lowest BCUT2D eigenvalue weighted by atomic mass is 10.1. The number of benzene rings is 2. The van der Waals surface area contributed by atoms with Crippen LogP contribution in [0.5, 0.6) is 0 Å². The third-order valence-electron chi connectivity index (χ3n) is 3.97. The number of thiazole rings is 1. The molecule has 0 atom stereocenters. The third-order valence-corrected chi connectivity index (χ3v) is 5.52. The Labute approximate surface area is 156 Å². The molecule has 2 aromatic carbocycles. The van der Waals surface area contributed by atoms with Gasteiger partial charge in [-0.25, -0.2) is 0 Å². The van der Waals surface area contributed by atoms with Gasteiger partial charge in [-0.05, 0) is 31.0 Å².